The topological polar surface area (TPSA) is 78.0 Å². The van der Waals surface area contributed by atoms with Crippen molar-refractivity contribution < 1.29 is 18.9 Å². The summed E-state index contributed by atoms with van der Waals surface area (Å²) in [5.41, 5.74) is 5.16. The zero-order valence-corrected chi connectivity index (χ0v) is 21.5. The molecule has 4 aromatic rings. The second kappa shape index (κ2) is 11.3. The Morgan fingerprint density at radius 1 is 0.892 bits per heavy atom. The summed E-state index contributed by atoms with van der Waals surface area (Å²) in [6.07, 6.45) is 0.688. The number of morpholine rings is 1. The van der Waals surface area contributed by atoms with Gasteiger partial charge in [0.05, 0.1) is 39.6 Å². The highest BCUT2D eigenvalue weighted by Crippen LogP contribution is 2.31. The lowest BCUT2D eigenvalue weighted by molar-refractivity contribution is 0.122. The smallest absolute Gasteiger partial charge is 0.318 e. The first-order valence-corrected chi connectivity index (χ1v) is 12.4. The average Bonchev–Trinajstić information content (AvgIpc) is 2.93. The fourth-order valence-electron chi connectivity index (χ4n) is 4.44. The number of aromatic nitrogens is 2. The van der Waals surface area contributed by atoms with Crippen molar-refractivity contribution in [1.29, 1.82) is 0 Å². The first-order chi connectivity index (χ1) is 18.1. The monoisotopic (exact) mass is 500 g/mol. The molecular formula is C29H32N4O4. The molecule has 0 radical (unpaired) electrons. The third-order valence-corrected chi connectivity index (χ3v) is 6.34. The van der Waals surface area contributed by atoms with Crippen molar-refractivity contribution in [3.63, 3.8) is 0 Å². The largest absolute Gasteiger partial charge is 0.493 e. The summed E-state index contributed by atoms with van der Waals surface area (Å²) in [4.78, 5) is 11.8. The summed E-state index contributed by atoms with van der Waals surface area (Å²) in [6, 6.07) is 20.7. The van der Waals surface area contributed by atoms with E-state index in [1.54, 1.807) is 14.2 Å². The van der Waals surface area contributed by atoms with Crippen LogP contribution in [-0.4, -0.2) is 57.1 Å². The van der Waals surface area contributed by atoms with Crippen LogP contribution in [0.2, 0.25) is 0 Å². The van der Waals surface area contributed by atoms with E-state index < -0.39 is 0 Å². The van der Waals surface area contributed by atoms with Gasteiger partial charge in [-0.2, -0.15) is 9.97 Å². The van der Waals surface area contributed by atoms with E-state index in [9.17, 15) is 0 Å². The molecule has 0 saturated carbocycles. The summed E-state index contributed by atoms with van der Waals surface area (Å²) in [7, 11) is 3.27. The van der Waals surface area contributed by atoms with Gasteiger partial charge in [-0.25, -0.2) is 0 Å². The lowest BCUT2D eigenvalue weighted by Crippen LogP contribution is -2.37. The summed E-state index contributed by atoms with van der Waals surface area (Å²) >= 11 is 0. The van der Waals surface area contributed by atoms with E-state index in [0.717, 1.165) is 46.7 Å². The Labute approximate surface area is 217 Å². The lowest BCUT2D eigenvalue weighted by Gasteiger charge is -2.29. The Bertz CT molecular complexity index is 1370. The maximum atomic E-state index is 6.05. The molecule has 1 fully saturated rings. The van der Waals surface area contributed by atoms with Crippen LogP contribution in [0.1, 0.15) is 11.1 Å². The molecule has 1 aliphatic heterocycles. The van der Waals surface area contributed by atoms with E-state index in [-0.39, 0.29) is 0 Å². The van der Waals surface area contributed by atoms with Gasteiger partial charge in [0.1, 0.15) is 5.82 Å². The molecule has 0 bridgehead atoms. The molecule has 192 valence electrons. The van der Waals surface area contributed by atoms with Crippen LogP contribution in [0.15, 0.2) is 60.7 Å². The molecule has 0 aliphatic carbocycles. The number of rotatable bonds is 9. The Morgan fingerprint density at radius 3 is 2.49 bits per heavy atom. The van der Waals surface area contributed by atoms with Gasteiger partial charge in [0.15, 0.2) is 11.5 Å². The van der Waals surface area contributed by atoms with Gasteiger partial charge in [-0.15, -0.1) is 0 Å². The van der Waals surface area contributed by atoms with Crippen molar-refractivity contribution in [3.8, 4) is 17.5 Å². The number of methoxy groups -OCH3 is 2. The Morgan fingerprint density at radius 2 is 1.70 bits per heavy atom. The summed E-state index contributed by atoms with van der Waals surface area (Å²) < 4.78 is 22.4. The number of ether oxygens (including phenoxy) is 4. The molecule has 37 heavy (non-hydrogen) atoms. The van der Waals surface area contributed by atoms with Gasteiger partial charge >= 0.3 is 6.01 Å². The SMILES string of the molecule is COc1ccc(CCOc2nc(N3CCOCC3)c3cc(Nc4cccc(C)c4)ccc3n2)cc1OC. The van der Waals surface area contributed by atoms with Crippen molar-refractivity contribution >= 4 is 28.1 Å². The molecule has 0 spiro atoms. The Balaban J connectivity index is 1.39. The minimum absolute atomic E-state index is 0.369. The number of nitrogens with zero attached hydrogens (tertiary/aromatic N) is 3. The van der Waals surface area contributed by atoms with Crippen molar-refractivity contribution in [3.05, 3.63) is 71.8 Å². The molecule has 8 nitrogen and oxygen atoms in total. The van der Waals surface area contributed by atoms with Gasteiger partial charge < -0.3 is 29.2 Å². The third-order valence-electron chi connectivity index (χ3n) is 6.34. The number of hydrogen-bond donors (Lipinski definition) is 1. The van der Waals surface area contributed by atoms with Crippen LogP contribution in [0.4, 0.5) is 17.2 Å². The predicted molar refractivity (Wildman–Crippen MR) is 146 cm³/mol. The fraction of sp³-hybridized carbons (Fsp3) is 0.310. The standard InChI is InChI=1S/C29H32N4O4/c1-20-5-4-6-22(17-20)30-23-8-9-25-24(19-23)28(33-12-15-36-16-13-33)32-29(31-25)37-14-11-21-7-10-26(34-2)27(18-21)35-3/h4-10,17-19,30H,11-16H2,1-3H3. The van der Waals surface area contributed by atoms with Crippen molar-refractivity contribution in [2.45, 2.75) is 13.3 Å². The number of benzene rings is 3. The average molecular weight is 501 g/mol. The minimum Gasteiger partial charge on any atom is -0.493 e. The van der Waals surface area contributed by atoms with Crippen LogP contribution >= 0.6 is 0 Å². The highest BCUT2D eigenvalue weighted by Gasteiger charge is 2.18. The van der Waals surface area contributed by atoms with E-state index >= 15 is 0 Å². The molecular weight excluding hydrogens is 468 g/mol. The van der Waals surface area contributed by atoms with Gasteiger partial charge in [0.25, 0.3) is 0 Å². The normalized spacial score (nSPS) is 13.4. The summed E-state index contributed by atoms with van der Waals surface area (Å²) in [5, 5.41) is 4.48. The molecule has 3 aromatic carbocycles. The maximum absolute atomic E-state index is 6.05. The number of aryl methyl sites for hydroxylation is 1. The van der Waals surface area contributed by atoms with Gasteiger partial charge in [0.2, 0.25) is 0 Å². The highest BCUT2D eigenvalue weighted by atomic mass is 16.5. The number of nitrogens with one attached hydrogen (secondary N) is 1. The molecule has 0 amide bonds. The molecule has 0 unspecified atom stereocenters. The predicted octanol–water partition coefficient (Wildman–Crippen LogP) is 5.16. The third kappa shape index (κ3) is 5.86. The fourth-order valence-corrected chi connectivity index (χ4v) is 4.44. The van der Waals surface area contributed by atoms with E-state index in [0.29, 0.717) is 43.8 Å². The Kier molecular flexibility index (Phi) is 7.56. The van der Waals surface area contributed by atoms with E-state index in [2.05, 4.69) is 41.4 Å². The zero-order valence-electron chi connectivity index (χ0n) is 21.5. The van der Waals surface area contributed by atoms with E-state index in [1.807, 2.05) is 36.4 Å². The van der Waals surface area contributed by atoms with Crippen LogP contribution in [0, 0.1) is 6.92 Å². The van der Waals surface area contributed by atoms with Gasteiger partial charge in [-0.3, -0.25) is 0 Å². The quantitative estimate of drug-likeness (QED) is 0.338. The molecule has 0 atom stereocenters. The molecule has 1 aliphatic rings. The summed E-state index contributed by atoms with van der Waals surface area (Å²) in [5.74, 6) is 2.27. The molecule has 1 aromatic heterocycles. The van der Waals surface area contributed by atoms with Crippen LogP contribution < -0.4 is 24.4 Å². The maximum Gasteiger partial charge on any atom is 0.318 e. The second-order valence-electron chi connectivity index (χ2n) is 8.94. The highest BCUT2D eigenvalue weighted by molar-refractivity contribution is 5.93. The molecule has 8 heteroatoms. The number of anilines is 3. The van der Waals surface area contributed by atoms with Crippen LogP contribution in [0.3, 0.4) is 0 Å². The molecule has 2 heterocycles. The molecule has 1 saturated heterocycles. The lowest BCUT2D eigenvalue weighted by atomic mass is 10.1. The van der Waals surface area contributed by atoms with Crippen molar-refractivity contribution in [2.75, 3.05) is 57.3 Å². The summed E-state index contributed by atoms with van der Waals surface area (Å²) in [6.45, 7) is 5.41. The van der Waals surface area contributed by atoms with Crippen molar-refractivity contribution in [2.24, 2.45) is 0 Å². The molecule has 5 rings (SSSR count). The van der Waals surface area contributed by atoms with Crippen LogP contribution in [0.25, 0.3) is 10.9 Å². The second-order valence-corrected chi connectivity index (χ2v) is 8.94. The first kappa shape index (κ1) is 24.6. The van der Waals surface area contributed by atoms with Crippen LogP contribution in [-0.2, 0) is 11.2 Å². The van der Waals surface area contributed by atoms with E-state index in [1.165, 1.54) is 5.56 Å². The minimum atomic E-state index is 0.369. The van der Waals surface area contributed by atoms with Crippen molar-refractivity contribution in [1.82, 2.24) is 9.97 Å². The number of fused-ring (bicyclic) bond motifs is 1. The van der Waals surface area contributed by atoms with Gasteiger partial charge in [-0.05, 0) is 60.5 Å². The zero-order chi connectivity index (χ0) is 25.6. The van der Waals surface area contributed by atoms with Crippen LogP contribution in [0.5, 0.6) is 17.5 Å². The molecule has 1 N–H and O–H groups in total. The van der Waals surface area contributed by atoms with Gasteiger partial charge in [0, 0.05) is 36.3 Å². The Hall–Kier alpha value is -4.04. The first-order valence-electron chi connectivity index (χ1n) is 12.4. The van der Waals surface area contributed by atoms with Gasteiger partial charge in [-0.1, -0.05) is 18.2 Å². The number of hydrogen-bond acceptors (Lipinski definition) is 8. The van der Waals surface area contributed by atoms with E-state index in [4.69, 9.17) is 28.9 Å².